The number of hydrogen-bond donors (Lipinski definition) is 1. The molecule has 0 aliphatic rings. The molecule has 0 aliphatic carbocycles. The van der Waals surface area contributed by atoms with Gasteiger partial charge in [-0.3, -0.25) is 9.48 Å². The highest BCUT2D eigenvalue weighted by Crippen LogP contribution is 2.27. The van der Waals surface area contributed by atoms with Crippen LogP contribution in [0.4, 0.5) is 5.82 Å². The Morgan fingerprint density at radius 3 is 2.60 bits per heavy atom. The molecule has 1 aromatic heterocycles. The molecular formula is C14H17N3O3. The third kappa shape index (κ3) is 3.09. The molecule has 0 radical (unpaired) electrons. The van der Waals surface area contributed by atoms with Crippen molar-refractivity contribution in [3.63, 3.8) is 0 Å². The minimum atomic E-state index is -0.110. The standard InChI is InChI=1S/C14H17N3O3/c1-17-13(6-7-15-17)16-14(18)9-10-4-5-11(19-2)12(8-10)20-3/h4-8H,9H2,1-3H3,(H,16,18). The molecular weight excluding hydrogens is 258 g/mol. The first-order valence-electron chi connectivity index (χ1n) is 6.13. The number of carbonyl (C=O) groups is 1. The molecule has 1 aromatic carbocycles. The van der Waals surface area contributed by atoms with E-state index in [1.54, 1.807) is 50.3 Å². The van der Waals surface area contributed by atoms with Gasteiger partial charge >= 0.3 is 0 Å². The lowest BCUT2D eigenvalue weighted by Crippen LogP contribution is -2.16. The second-order valence-electron chi connectivity index (χ2n) is 4.25. The van der Waals surface area contributed by atoms with E-state index in [1.807, 2.05) is 6.07 Å². The van der Waals surface area contributed by atoms with E-state index in [0.29, 0.717) is 17.3 Å². The summed E-state index contributed by atoms with van der Waals surface area (Å²) in [4.78, 5) is 12.0. The maximum absolute atomic E-state index is 12.0. The van der Waals surface area contributed by atoms with Crippen LogP contribution in [0, 0.1) is 0 Å². The highest BCUT2D eigenvalue weighted by Gasteiger charge is 2.09. The van der Waals surface area contributed by atoms with Crippen molar-refractivity contribution in [2.75, 3.05) is 19.5 Å². The van der Waals surface area contributed by atoms with Gasteiger partial charge in [0.15, 0.2) is 11.5 Å². The first-order valence-corrected chi connectivity index (χ1v) is 6.13. The van der Waals surface area contributed by atoms with E-state index >= 15 is 0 Å². The Balaban J connectivity index is 2.06. The summed E-state index contributed by atoms with van der Waals surface area (Å²) in [6.07, 6.45) is 1.89. The number of nitrogens with zero attached hydrogens (tertiary/aromatic N) is 2. The minimum Gasteiger partial charge on any atom is -0.493 e. The summed E-state index contributed by atoms with van der Waals surface area (Å²) >= 11 is 0. The molecule has 0 bridgehead atoms. The number of aromatic nitrogens is 2. The van der Waals surface area contributed by atoms with Gasteiger partial charge in [0, 0.05) is 13.1 Å². The fraction of sp³-hybridized carbons (Fsp3) is 0.286. The molecule has 106 valence electrons. The summed E-state index contributed by atoms with van der Waals surface area (Å²) in [7, 11) is 4.91. The molecule has 0 atom stereocenters. The fourth-order valence-electron chi connectivity index (χ4n) is 1.86. The Labute approximate surface area is 117 Å². The van der Waals surface area contributed by atoms with Crippen molar-refractivity contribution in [1.82, 2.24) is 9.78 Å². The quantitative estimate of drug-likeness (QED) is 0.900. The molecule has 2 rings (SSSR count). The molecule has 0 unspecified atom stereocenters. The van der Waals surface area contributed by atoms with Crippen LogP contribution in [0.1, 0.15) is 5.56 Å². The van der Waals surface area contributed by atoms with E-state index in [4.69, 9.17) is 9.47 Å². The molecule has 1 N–H and O–H groups in total. The summed E-state index contributed by atoms with van der Waals surface area (Å²) in [6.45, 7) is 0. The summed E-state index contributed by atoms with van der Waals surface area (Å²) in [5, 5.41) is 6.79. The maximum atomic E-state index is 12.0. The van der Waals surface area contributed by atoms with Gasteiger partial charge in [-0.25, -0.2) is 0 Å². The van der Waals surface area contributed by atoms with Crippen LogP contribution in [0.2, 0.25) is 0 Å². The Morgan fingerprint density at radius 2 is 2.00 bits per heavy atom. The summed E-state index contributed by atoms with van der Waals surface area (Å²) < 4.78 is 12.0. The zero-order chi connectivity index (χ0) is 14.5. The number of hydrogen-bond acceptors (Lipinski definition) is 4. The summed E-state index contributed by atoms with van der Waals surface area (Å²) in [5.41, 5.74) is 0.849. The third-order valence-corrected chi connectivity index (χ3v) is 2.90. The molecule has 0 fully saturated rings. The van der Waals surface area contributed by atoms with Gasteiger partial charge in [-0.15, -0.1) is 0 Å². The summed E-state index contributed by atoms with van der Waals surface area (Å²) in [5.74, 6) is 1.80. The second kappa shape index (κ2) is 6.10. The molecule has 2 aromatic rings. The highest BCUT2D eigenvalue weighted by molar-refractivity contribution is 5.91. The monoisotopic (exact) mass is 275 g/mol. The van der Waals surface area contributed by atoms with E-state index in [9.17, 15) is 4.79 Å². The van der Waals surface area contributed by atoms with Gasteiger partial charge in [0.1, 0.15) is 5.82 Å². The second-order valence-corrected chi connectivity index (χ2v) is 4.25. The van der Waals surface area contributed by atoms with Crippen molar-refractivity contribution in [1.29, 1.82) is 0 Å². The Morgan fingerprint density at radius 1 is 1.25 bits per heavy atom. The molecule has 1 heterocycles. The average molecular weight is 275 g/mol. The van der Waals surface area contributed by atoms with Gasteiger partial charge in [0.25, 0.3) is 0 Å². The molecule has 0 aliphatic heterocycles. The number of carbonyl (C=O) groups excluding carboxylic acids is 1. The van der Waals surface area contributed by atoms with Crippen LogP contribution in [-0.4, -0.2) is 29.9 Å². The number of anilines is 1. The average Bonchev–Trinajstić information content (AvgIpc) is 2.84. The first-order chi connectivity index (χ1) is 9.63. The van der Waals surface area contributed by atoms with Crippen molar-refractivity contribution in [2.45, 2.75) is 6.42 Å². The predicted molar refractivity (Wildman–Crippen MR) is 75.1 cm³/mol. The first kappa shape index (κ1) is 13.9. The molecule has 6 nitrogen and oxygen atoms in total. The van der Waals surface area contributed by atoms with E-state index in [-0.39, 0.29) is 12.3 Å². The highest BCUT2D eigenvalue weighted by atomic mass is 16.5. The number of amides is 1. The van der Waals surface area contributed by atoms with E-state index in [2.05, 4.69) is 10.4 Å². The van der Waals surface area contributed by atoms with Crippen LogP contribution >= 0.6 is 0 Å². The lowest BCUT2D eigenvalue weighted by Gasteiger charge is -2.10. The van der Waals surface area contributed by atoms with Crippen LogP contribution in [0.15, 0.2) is 30.5 Å². The lowest BCUT2D eigenvalue weighted by molar-refractivity contribution is -0.115. The van der Waals surface area contributed by atoms with Crippen LogP contribution < -0.4 is 14.8 Å². The number of aryl methyl sites for hydroxylation is 1. The third-order valence-electron chi connectivity index (χ3n) is 2.90. The topological polar surface area (TPSA) is 65.4 Å². The molecule has 0 saturated carbocycles. The van der Waals surface area contributed by atoms with Crippen LogP contribution in [0.3, 0.4) is 0 Å². The van der Waals surface area contributed by atoms with Gasteiger partial charge in [-0.1, -0.05) is 6.07 Å². The van der Waals surface area contributed by atoms with Crippen LogP contribution in [0.5, 0.6) is 11.5 Å². The van der Waals surface area contributed by atoms with Crippen molar-refractivity contribution >= 4 is 11.7 Å². The lowest BCUT2D eigenvalue weighted by atomic mass is 10.1. The Hall–Kier alpha value is -2.50. The van der Waals surface area contributed by atoms with E-state index < -0.39 is 0 Å². The maximum Gasteiger partial charge on any atom is 0.229 e. The largest absolute Gasteiger partial charge is 0.493 e. The zero-order valence-corrected chi connectivity index (χ0v) is 11.7. The van der Waals surface area contributed by atoms with Crippen molar-refractivity contribution in [2.24, 2.45) is 7.05 Å². The smallest absolute Gasteiger partial charge is 0.229 e. The molecule has 20 heavy (non-hydrogen) atoms. The fourth-order valence-corrected chi connectivity index (χ4v) is 1.86. The van der Waals surface area contributed by atoms with Gasteiger partial charge in [-0.2, -0.15) is 5.10 Å². The van der Waals surface area contributed by atoms with Gasteiger partial charge in [0.05, 0.1) is 26.8 Å². The number of benzene rings is 1. The molecule has 0 spiro atoms. The van der Waals surface area contributed by atoms with Gasteiger partial charge in [0.2, 0.25) is 5.91 Å². The SMILES string of the molecule is COc1ccc(CC(=O)Nc2ccnn2C)cc1OC. The minimum absolute atomic E-state index is 0.110. The molecule has 6 heteroatoms. The Kier molecular flexibility index (Phi) is 4.24. The normalized spacial score (nSPS) is 10.2. The zero-order valence-electron chi connectivity index (χ0n) is 11.7. The number of methoxy groups -OCH3 is 2. The van der Waals surface area contributed by atoms with Gasteiger partial charge in [-0.05, 0) is 17.7 Å². The number of ether oxygens (including phenoxy) is 2. The predicted octanol–water partition coefficient (Wildman–Crippen LogP) is 1.62. The molecule has 1 amide bonds. The van der Waals surface area contributed by atoms with Crippen molar-refractivity contribution < 1.29 is 14.3 Å². The van der Waals surface area contributed by atoms with E-state index in [0.717, 1.165) is 5.56 Å². The summed E-state index contributed by atoms with van der Waals surface area (Å²) in [6, 6.07) is 7.16. The molecule has 0 saturated heterocycles. The van der Waals surface area contributed by atoms with Crippen LogP contribution in [-0.2, 0) is 18.3 Å². The number of nitrogens with one attached hydrogen (secondary N) is 1. The van der Waals surface area contributed by atoms with E-state index in [1.165, 1.54) is 0 Å². The van der Waals surface area contributed by atoms with Crippen molar-refractivity contribution in [3.8, 4) is 11.5 Å². The number of rotatable bonds is 5. The van der Waals surface area contributed by atoms with Crippen molar-refractivity contribution in [3.05, 3.63) is 36.0 Å². The Bertz CT molecular complexity index is 607. The van der Waals surface area contributed by atoms with Crippen LogP contribution in [0.25, 0.3) is 0 Å². The van der Waals surface area contributed by atoms with Gasteiger partial charge < -0.3 is 14.8 Å².